The van der Waals surface area contributed by atoms with Crippen LogP contribution < -0.4 is 5.32 Å². The zero-order valence-electron chi connectivity index (χ0n) is 14.5. The van der Waals surface area contributed by atoms with E-state index in [0.717, 1.165) is 21.8 Å². The molecule has 7 heteroatoms. The molecule has 0 aliphatic carbocycles. The van der Waals surface area contributed by atoms with Crippen molar-refractivity contribution in [3.05, 3.63) is 44.9 Å². The number of Topliss-reactive ketones (excluding diaryl/α,β-unsaturated/α-hetero) is 1. The number of thiazole rings is 1. The lowest BCUT2D eigenvalue weighted by Crippen LogP contribution is -2.14. The molecule has 0 spiro atoms. The quantitative estimate of drug-likeness (QED) is 0.629. The van der Waals surface area contributed by atoms with Gasteiger partial charge in [0.2, 0.25) is 0 Å². The third-order valence-corrected chi connectivity index (χ3v) is 5.72. The summed E-state index contributed by atoms with van der Waals surface area (Å²) in [7, 11) is 0. The average molecular weight is 374 g/mol. The first-order valence-electron chi connectivity index (χ1n) is 7.96. The predicted octanol–water partition coefficient (Wildman–Crippen LogP) is 4.83. The first-order chi connectivity index (χ1) is 11.9. The molecule has 0 atom stereocenters. The van der Waals surface area contributed by atoms with E-state index >= 15 is 0 Å². The van der Waals surface area contributed by atoms with E-state index in [1.54, 1.807) is 11.3 Å². The molecule has 3 aromatic heterocycles. The molecule has 130 valence electrons. The molecule has 0 fully saturated rings. The minimum atomic E-state index is -0.268. The van der Waals surface area contributed by atoms with Crippen LogP contribution in [0, 0.1) is 13.8 Å². The van der Waals surface area contributed by atoms with E-state index in [9.17, 15) is 9.59 Å². The molecule has 2 N–H and O–H groups in total. The largest absolute Gasteiger partial charge is 0.354 e. The van der Waals surface area contributed by atoms with Gasteiger partial charge in [0.1, 0.15) is 5.69 Å². The third-order valence-electron chi connectivity index (χ3n) is 3.94. The van der Waals surface area contributed by atoms with Crippen LogP contribution >= 0.6 is 22.7 Å². The molecule has 3 aromatic rings. The van der Waals surface area contributed by atoms with Gasteiger partial charge in [-0.25, -0.2) is 4.98 Å². The number of aryl methyl sites for hydroxylation is 2. The van der Waals surface area contributed by atoms with E-state index in [1.807, 2.05) is 25.3 Å². The Morgan fingerprint density at radius 3 is 2.64 bits per heavy atom. The van der Waals surface area contributed by atoms with Crippen LogP contribution in [0.2, 0.25) is 0 Å². The molecule has 3 heterocycles. The Hall–Kier alpha value is -2.25. The van der Waals surface area contributed by atoms with Crippen molar-refractivity contribution in [3.8, 4) is 10.6 Å². The number of aromatic nitrogens is 2. The number of H-pyrrole nitrogens is 1. The number of anilines is 1. The number of nitrogens with zero attached hydrogens (tertiary/aromatic N) is 1. The second-order valence-corrected chi connectivity index (χ2v) is 7.94. The number of ketones is 1. The van der Waals surface area contributed by atoms with Crippen molar-refractivity contribution >= 4 is 39.5 Å². The van der Waals surface area contributed by atoms with E-state index < -0.39 is 0 Å². The zero-order valence-corrected chi connectivity index (χ0v) is 16.2. The van der Waals surface area contributed by atoms with Crippen LogP contribution in [0.25, 0.3) is 10.6 Å². The Kier molecular flexibility index (Phi) is 4.87. The Morgan fingerprint density at radius 1 is 1.28 bits per heavy atom. The fourth-order valence-electron chi connectivity index (χ4n) is 2.88. The molecule has 0 bridgehead atoms. The molecule has 5 nitrogen and oxygen atoms in total. The molecule has 0 saturated carbocycles. The van der Waals surface area contributed by atoms with Gasteiger partial charge in [0, 0.05) is 21.5 Å². The van der Waals surface area contributed by atoms with Crippen molar-refractivity contribution in [2.24, 2.45) is 0 Å². The molecule has 25 heavy (non-hydrogen) atoms. The highest BCUT2D eigenvalue weighted by Crippen LogP contribution is 2.30. The van der Waals surface area contributed by atoms with Crippen molar-refractivity contribution < 1.29 is 9.59 Å². The van der Waals surface area contributed by atoms with Crippen molar-refractivity contribution in [3.63, 3.8) is 0 Å². The number of hydrogen-bond donors (Lipinski definition) is 2. The first kappa shape index (κ1) is 17.6. The van der Waals surface area contributed by atoms with Gasteiger partial charge in [-0.1, -0.05) is 6.92 Å². The van der Waals surface area contributed by atoms with Crippen LogP contribution in [0.5, 0.6) is 0 Å². The highest BCUT2D eigenvalue weighted by Gasteiger charge is 2.22. The monoisotopic (exact) mass is 373 g/mol. The number of hydrogen-bond acceptors (Lipinski definition) is 5. The lowest BCUT2D eigenvalue weighted by molar-refractivity contribution is 0.101. The summed E-state index contributed by atoms with van der Waals surface area (Å²) in [6.45, 7) is 7.32. The lowest BCUT2D eigenvalue weighted by Gasteiger charge is -2.03. The fraction of sp³-hybridized carbons (Fsp3) is 0.278. The molecule has 3 rings (SSSR count). The van der Waals surface area contributed by atoms with Crippen molar-refractivity contribution in [2.75, 3.05) is 5.32 Å². The summed E-state index contributed by atoms with van der Waals surface area (Å²) in [6, 6.07) is 4.08. The maximum atomic E-state index is 12.6. The summed E-state index contributed by atoms with van der Waals surface area (Å²) in [6.07, 6.45) is 0.611. The normalized spacial score (nSPS) is 10.9. The highest BCUT2D eigenvalue weighted by molar-refractivity contribution is 7.17. The number of thiophene rings is 1. The van der Waals surface area contributed by atoms with Crippen LogP contribution in [-0.4, -0.2) is 21.7 Å². The van der Waals surface area contributed by atoms with E-state index in [2.05, 4.69) is 28.3 Å². The van der Waals surface area contributed by atoms with Crippen molar-refractivity contribution in [1.29, 1.82) is 0 Å². The topological polar surface area (TPSA) is 74.8 Å². The van der Waals surface area contributed by atoms with Crippen LogP contribution in [0.3, 0.4) is 0 Å². The fourth-order valence-corrected chi connectivity index (χ4v) is 4.49. The van der Waals surface area contributed by atoms with Gasteiger partial charge in [0.15, 0.2) is 10.9 Å². The van der Waals surface area contributed by atoms with Crippen molar-refractivity contribution in [1.82, 2.24) is 9.97 Å². The number of aromatic amines is 1. The number of carbonyl (C=O) groups is 2. The second-order valence-electron chi connectivity index (χ2n) is 5.79. The van der Waals surface area contributed by atoms with Gasteiger partial charge in [-0.2, -0.15) is 0 Å². The summed E-state index contributed by atoms with van der Waals surface area (Å²) >= 11 is 3.06. The standard InChI is InChI=1S/C18H19N3O2S2/c1-5-12-15(11(4)22)10(3)19-16(12)17(23)21-18-20-13(8-24-18)14-7-6-9(2)25-14/h6-8,19H,5H2,1-4H3,(H,20,21,23). The van der Waals surface area contributed by atoms with Gasteiger partial charge in [-0.15, -0.1) is 22.7 Å². The molecule has 1 amide bonds. The molecule has 0 aliphatic heterocycles. The van der Waals surface area contributed by atoms with Crippen LogP contribution in [-0.2, 0) is 6.42 Å². The molecule has 0 unspecified atom stereocenters. The minimum absolute atomic E-state index is 0.0331. The Morgan fingerprint density at radius 2 is 2.04 bits per heavy atom. The molecule has 0 aromatic carbocycles. The number of amides is 1. The first-order valence-corrected chi connectivity index (χ1v) is 9.66. The summed E-state index contributed by atoms with van der Waals surface area (Å²) < 4.78 is 0. The minimum Gasteiger partial charge on any atom is -0.354 e. The summed E-state index contributed by atoms with van der Waals surface area (Å²) in [5, 5.41) is 5.32. The summed E-state index contributed by atoms with van der Waals surface area (Å²) in [5.74, 6) is -0.301. The molecular weight excluding hydrogens is 354 g/mol. The van der Waals surface area contributed by atoms with Gasteiger partial charge < -0.3 is 4.98 Å². The van der Waals surface area contributed by atoms with E-state index in [4.69, 9.17) is 0 Å². The van der Waals surface area contributed by atoms with Gasteiger partial charge >= 0.3 is 0 Å². The van der Waals surface area contributed by atoms with Gasteiger partial charge in [-0.05, 0) is 44.9 Å². The Bertz CT molecular complexity index is 950. The smallest absolute Gasteiger partial charge is 0.274 e. The molecule has 0 saturated heterocycles. The predicted molar refractivity (Wildman–Crippen MR) is 103 cm³/mol. The number of carbonyl (C=O) groups excluding carboxylic acids is 2. The summed E-state index contributed by atoms with van der Waals surface area (Å²) in [4.78, 5) is 34.3. The van der Waals surface area contributed by atoms with E-state index in [-0.39, 0.29) is 11.7 Å². The van der Waals surface area contributed by atoms with Crippen molar-refractivity contribution in [2.45, 2.75) is 34.1 Å². The zero-order chi connectivity index (χ0) is 18.1. The van der Waals surface area contributed by atoms with E-state index in [0.29, 0.717) is 22.8 Å². The second kappa shape index (κ2) is 6.93. The molecule has 0 aliphatic rings. The van der Waals surface area contributed by atoms with Crippen LogP contribution in [0.1, 0.15) is 50.8 Å². The van der Waals surface area contributed by atoms with Gasteiger partial charge in [0.25, 0.3) is 5.91 Å². The number of nitrogens with one attached hydrogen (secondary N) is 2. The maximum absolute atomic E-state index is 12.6. The average Bonchev–Trinajstić information content (AvgIpc) is 3.25. The van der Waals surface area contributed by atoms with Crippen LogP contribution in [0.4, 0.5) is 5.13 Å². The SMILES string of the molecule is CCc1c(C(=O)Nc2nc(-c3ccc(C)s3)cs2)[nH]c(C)c1C(C)=O. The Balaban J connectivity index is 1.85. The third kappa shape index (κ3) is 3.43. The maximum Gasteiger partial charge on any atom is 0.274 e. The lowest BCUT2D eigenvalue weighted by atomic mass is 10.0. The summed E-state index contributed by atoms with van der Waals surface area (Å²) in [5.41, 5.74) is 3.40. The van der Waals surface area contributed by atoms with E-state index in [1.165, 1.54) is 23.1 Å². The molecule has 0 radical (unpaired) electrons. The van der Waals surface area contributed by atoms with Crippen LogP contribution in [0.15, 0.2) is 17.5 Å². The number of rotatable bonds is 5. The highest BCUT2D eigenvalue weighted by atomic mass is 32.1. The Labute approximate surface area is 154 Å². The van der Waals surface area contributed by atoms with Gasteiger partial charge in [-0.3, -0.25) is 14.9 Å². The van der Waals surface area contributed by atoms with Gasteiger partial charge in [0.05, 0.1) is 10.6 Å². The molecular formula is C18H19N3O2S2.